The number of aromatic nitrogens is 2. The van der Waals surface area contributed by atoms with Gasteiger partial charge in [0, 0.05) is 0 Å². The highest BCUT2D eigenvalue weighted by Gasteiger charge is 2.05. The number of hydrogen-bond acceptors (Lipinski definition) is 4. The van der Waals surface area contributed by atoms with Crippen LogP contribution in [0.3, 0.4) is 0 Å². The molecule has 0 atom stereocenters. The van der Waals surface area contributed by atoms with Crippen LogP contribution in [-0.2, 0) is 0 Å². The molecule has 3 N–H and O–H groups in total. The first kappa shape index (κ1) is 6.90. The van der Waals surface area contributed by atoms with Gasteiger partial charge in [-0.25, -0.2) is 0 Å². The molecule has 2 aromatic heterocycles. The molecule has 0 unspecified atom stereocenters. The first-order valence-electron chi connectivity index (χ1n) is 3.43. The summed E-state index contributed by atoms with van der Waals surface area (Å²) >= 11 is 0. The van der Waals surface area contributed by atoms with Gasteiger partial charge in [0.25, 0.3) is 5.56 Å². The summed E-state index contributed by atoms with van der Waals surface area (Å²) in [6.07, 6.45) is 0. The summed E-state index contributed by atoms with van der Waals surface area (Å²) in [6, 6.07) is 1.63. The number of nitrogens with two attached hydrogens (primary N) is 1. The summed E-state index contributed by atoms with van der Waals surface area (Å²) in [5.41, 5.74) is 5.32. The lowest BCUT2D eigenvalue weighted by atomic mass is 10.4. The van der Waals surface area contributed by atoms with Crippen molar-refractivity contribution in [2.24, 2.45) is 0 Å². The van der Waals surface area contributed by atoms with Crippen LogP contribution in [0.5, 0.6) is 0 Å². The molecule has 0 fully saturated rings. The number of fused-ring (bicyclic) bond motifs is 1. The molecule has 0 aromatic carbocycles. The summed E-state index contributed by atoms with van der Waals surface area (Å²) in [5.74, 6) is 0.718. The van der Waals surface area contributed by atoms with E-state index in [1.807, 2.05) is 0 Å². The molecule has 2 heterocycles. The lowest BCUT2D eigenvalue weighted by Gasteiger charge is -1.89. The lowest BCUT2D eigenvalue weighted by Crippen LogP contribution is -2.09. The van der Waals surface area contributed by atoms with Gasteiger partial charge in [0.1, 0.15) is 11.1 Å². The predicted molar refractivity (Wildman–Crippen MR) is 43.8 cm³/mol. The number of anilines is 1. The maximum absolute atomic E-state index is 11.2. The molecule has 5 heteroatoms. The Hall–Kier alpha value is -1.78. The fourth-order valence-corrected chi connectivity index (χ4v) is 1.07. The fourth-order valence-electron chi connectivity index (χ4n) is 1.07. The van der Waals surface area contributed by atoms with Gasteiger partial charge >= 0.3 is 0 Å². The number of aryl methyl sites for hydroxylation is 1. The second kappa shape index (κ2) is 2.10. The van der Waals surface area contributed by atoms with E-state index in [1.165, 1.54) is 0 Å². The van der Waals surface area contributed by atoms with Crippen LogP contribution in [0.25, 0.3) is 11.1 Å². The molecule has 12 heavy (non-hydrogen) atoms. The maximum Gasteiger partial charge on any atom is 0.263 e. The normalized spacial score (nSPS) is 10.8. The first-order chi connectivity index (χ1) is 5.66. The fraction of sp³-hybridized carbons (Fsp3) is 0.143. The summed E-state index contributed by atoms with van der Waals surface area (Å²) in [4.78, 5) is 17.4. The molecule has 0 aliphatic rings. The van der Waals surface area contributed by atoms with Crippen molar-refractivity contribution in [3.63, 3.8) is 0 Å². The molecule has 2 rings (SSSR count). The van der Waals surface area contributed by atoms with Gasteiger partial charge < -0.3 is 10.2 Å². The zero-order chi connectivity index (χ0) is 8.72. The number of hydrogen-bond donors (Lipinski definition) is 2. The monoisotopic (exact) mass is 165 g/mol. The molecule has 0 spiro atoms. The molecule has 0 bridgehead atoms. The van der Waals surface area contributed by atoms with Crippen molar-refractivity contribution in [3.05, 3.63) is 22.2 Å². The van der Waals surface area contributed by atoms with E-state index in [-0.39, 0.29) is 17.2 Å². The van der Waals surface area contributed by atoms with Crippen molar-refractivity contribution >= 4 is 17.0 Å². The highest BCUT2D eigenvalue weighted by molar-refractivity contribution is 5.73. The first-order valence-corrected chi connectivity index (χ1v) is 3.43. The Morgan fingerprint density at radius 2 is 2.42 bits per heavy atom. The van der Waals surface area contributed by atoms with E-state index in [2.05, 4.69) is 9.97 Å². The molecule has 0 amide bonds. The second-order valence-electron chi connectivity index (χ2n) is 2.53. The standard InChI is InChI=1S/C7H7N3O2/c1-3-2-4-5(11)9-7(8)10-6(4)12-3/h2H,1H3,(H3,8,9,10,11). The average Bonchev–Trinajstić information content (AvgIpc) is 2.29. The van der Waals surface area contributed by atoms with Crippen molar-refractivity contribution in [3.8, 4) is 0 Å². The zero-order valence-electron chi connectivity index (χ0n) is 6.42. The molecular weight excluding hydrogens is 158 g/mol. The quantitative estimate of drug-likeness (QED) is 0.592. The number of H-pyrrole nitrogens is 1. The van der Waals surface area contributed by atoms with Gasteiger partial charge in [-0.2, -0.15) is 4.98 Å². The van der Waals surface area contributed by atoms with Crippen molar-refractivity contribution in [2.45, 2.75) is 6.92 Å². The summed E-state index contributed by atoms with van der Waals surface area (Å²) in [5, 5.41) is 0.432. The van der Waals surface area contributed by atoms with Crippen LogP contribution in [0.2, 0.25) is 0 Å². The summed E-state index contributed by atoms with van der Waals surface area (Å²) in [7, 11) is 0. The third kappa shape index (κ3) is 0.868. The number of nitrogens with one attached hydrogen (secondary N) is 1. The number of nitrogen functional groups attached to an aromatic ring is 1. The smallest absolute Gasteiger partial charge is 0.263 e. The zero-order valence-corrected chi connectivity index (χ0v) is 6.42. The van der Waals surface area contributed by atoms with Gasteiger partial charge in [-0.3, -0.25) is 9.78 Å². The van der Waals surface area contributed by atoms with Crippen LogP contribution in [0, 0.1) is 6.92 Å². The minimum Gasteiger partial charge on any atom is -0.443 e. The Balaban J connectivity index is 2.98. The minimum absolute atomic E-state index is 0.0712. The molecule has 62 valence electrons. The van der Waals surface area contributed by atoms with Crippen LogP contribution >= 0.6 is 0 Å². The number of rotatable bonds is 0. The molecule has 0 aliphatic heterocycles. The molecule has 0 saturated carbocycles. The molecule has 2 aromatic rings. The van der Waals surface area contributed by atoms with Crippen LogP contribution in [-0.4, -0.2) is 9.97 Å². The van der Waals surface area contributed by atoms with Gasteiger partial charge in [0.15, 0.2) is 0 Å². The Kier molecular flexibility index (Phi) is 1.21. The summed E-state index contributed by atoms with van der Waals surface area (Å²) < 4.78 is 5.12. The number of aromatic amines is 1. The van der Waals surface area contributed by atoms with Crippen LogP contribution in [0.1, 0.15) is 5.76 Å². The Morgan fingerprint density at radius 3 is 3.17 bits per heavy atom. The highest BCUT2D eigenvalue weighted by Crippen LogP contribution is 2.12. The molecule has 0 radical (unpaired) electrons. The van der Waals surface area contributed by atoms with Crippen molar-refractivity contribution < 1.29 is 4.42 Å². The predicted octanol–water partition coefficient (Wildman–Crippen LogP) is 0.407. The Labute approximate surface area is 67.2 Å². The van der Waals surface area contributed by atoms with E-state index >= 15 is 0 Å². The molecule has 0 aliphatic carbocycles. The van der Waals surface area contributed by atoms with Crippen molar-refractivity contribution in [1.82, 2.24) is 9.97 Å². The Morgan fingerprint density at radius 1 is 1.67 bits per heavy atom. The third-order valence-corrected chi connectivity index (χ3v) is 1.54. The molecule has 5 nitrogen and oxygen atoms in total. The average molecular weight is 165 g/mol. The van der Waals surface area contributed by atoms with Crippen molar-refractivity contribution in [1.29, 1.82) is 0 Å². The van der Waals surface area contributed by atoms with Gasteiger partial charge in [-0.15, -0.1) is 0 Å². The van der Waals surface area contributed by atoms with Gasteiger partial charge in [0.05, 0.1) is 0 Å². The highest BCUT2D eigenvalue weighted by atomic mass is 16.3. The van der Waals surface area contributed by atoms with E-state index in [1.54, 1.807) is 13.0 Å². The van der Waals surface area contributed by atoms with Gasteiger partial charge in [-0.1, -0.05) is 0 Å². The van der Waals surface area contributed by atoms with E-state index in [4.69, 9.17) is 10.2 Å². The third-order valence-electron chi connectivity index (χ3n) is 1.54. The number of furan rings is 1. The van der Waals surface area contributed by atoms with Gasteiger partial charge in [0.2, 0.25) is 11.7 Å². The van der Waals surface area contributed by atoms with Crippen LogP contribution in [0.15, 0.2) is 15.3 Å². The van der Waals surface area contributed by atoms with Crippen molar-refractivity contribution in [2.75, 3.05) is 5.73 Å². The van der Waals surface area contributed by atoms with E-state index in [0.717, 1.165) is 0 Å². The van der Waals surface area contributed by atoms with E-state index < -0.39 is 0 Å². The van der Waals surface area contributed by atoms with Gasteiger partial charge in [-0.05, 0) is 13.0 Å². The minimum atomic E-state index is -0.269. The van der Waals surface area contributed by atoms with Crippen LogP contribution < -0.4 is 11.3 Å². The Bertz CT molecular complexity index is 483. The van der Waals surface area contributed by atoms with E-state index in [0.29, 0.717) is 11.1 Å². The van der Waals surface area contributed by atoms with E-state index in [9.17, 15) is 4.79 Å². The molecular formula is C7H7N3O2. The molecule has 0 saturated heterocycles. The summed E-state index contributed by atoms with van der Waals surface area (Å²) in [6.45, 7) is 1.75. The topological polar surface area (TPSA) is 84.9 Å². The largest absolute Gasteiger partial charge is 0.443 e. The SMILES string of the molecule is Cc1cc2c(=O)[nH]c(N)nc2o1. The maximum atomic E-state index is 11.2. The van der Waals surface area contributed by atoms with Crippen LogP contribution in [0.4, 0.5) is 5.95 Å². The number of nitrogens with zero attached hydrogens (tertiary/aromatic N) is 1. The lowest BCUT2D eigenvalue weighted by molar-refractivity contribution is 0.567. The second-order valence-corrected chi connectivity index (χ2v) is 2.53.